The summed E-state index contributed by atoms with van der Waals surface area (Å²) >= 11 is 0. The first kappa shape index (κ1) is 10.3. The summed E-state index contributed by atoms with van der Waals surface area (Å²) in [7, 11) is 0. The molecule has 0 atom stereocenters. The van der Waals surface area contributed by atoms with Crippen LogP contribution in [-0.4, -0.2) is 24.0 Å². The lowest BCUT2D eigenvalue weighted by Gasteiger charge is -2.20. The molecule has 72 valence electrons. The molecule has 0 amide bonds. The maximum absolute atomic E-state index is 8.50. The lowest BCUT2D eigenvalue weighted by atomic mass is 10.2. The molecule has 0 aromatic rings. The van der Waals surface area contributed by atoms with Crippen molar-refractivity contribution >= 4 is 0 Å². The van der Waals surface area contributed by atoms with E-state index < -0.39 is 0 Å². The Kier molecular flexibility index (Phi) is 3.98. The second-order valence-corrected chi connectivity index (χ2v) is 3.88. The van der Waals surface area contributed by atoms with Gasteiger partial charge in [0.2, 0.25) is 0 Å². The molecule has 1 fully saturated rings. The van der Waals surface area contributed by atoms with Crippen molar-refractivity contribution in [2.45, 2.75) is 38.6 Å². The fourth-order valence-electron chi connectivity index (χ4n) is 1.44. The molecule has 0 N–H and O–H groups in total. The third-order valence-electron chi connectivity index (χ3n) is 2.40. The van der Waals surface area contributed by atoms with Crippen molar-refractivity contribution in [3.63, 3.8) is 0 Å². The Balaban J connectivity index is 2.21. The number of nitrogens with zero attached hydrogens (tertiary/aromatic N) is 2. The van der Waals surface area contributed by atoms with Crippen LogP contribution in [0.3, 0.4) is 0 Å². The molecule has 0 aromatic heterocycles. The molecule has 1 rings (SSSR count). The lowest BCUT2D eigenvalue weighted by Crippen LogP contribution is -2.28. The molecule has 13 heavy (non-hydrogen) atoms. The van der Waals surface area contributed by atoms with Gasteiger partial charge in [0.05, 0.1) is 6.07 Å². The first-order chi connectivity index (χ1) is 6.24. The summed E-state index contributed by atoms with van der Waals surface area (Å²) < 4.78 is 0. The van der Waals surface area contributed by atoms with E-state index in [1.165, 1.54) is 18.4 Å². The summed E-state index contributed by atoms with van der Waals surface area (Å²) in [6, 6.07) is 2.98. The fraction of sp³-hybridized carbons (Fsp3) is 0.727. The van der Waals surface area contributed by atoms with E-state index in [4.69, 9.17) is 5.26 Å². The van der Waals surface area contributed by atoms with E-state index in [1.54, 1.807) is 0 Å². The van der Waals surface area contributed by atoms with Crippen LogP contribution in [0.1, 0.15) is 32.6 Å². The highest BCUT2D eigenvalue weighted by atomic mass is 15.2. The van der Waals surface area contributed by atoms with Gasteiger partial charge in [-0.05, 0) is 26.2 Å². The molecule has 0 heterocycles. The maximum Gasteiger partial charge on any atom is 0.0635 e. The molecular formula is C11H18N2. The van der Waals surface area contributed by atoms with Crippen LogP contribution in [0.2, 0.25) is 0 Å². The van der Waals surface area contributed by atoms with Gasteiger partial charge in [0.25, 0.3) is 0 Å². The van der Waals surface area contributed by atoms with E-state index in [1.807, 2.05) is 0 Å². The minimum atomic E-state index is 0.659. The molecular weight excluding hydrogens is 160 g/mol. The van der Waals surface area contributed by atoms with Gasteiger partial charge >= 0.3 is 0 Å². The van der Waals surface area contributed by atoms with Crippen LogP contribution in [0, 0.1) is 11.3 Å². The van der Waals surface area contributed by atoms with Crippen molar-refractivity contribution < 1.29 is 0 Å². The van der Waals surface area contributed by atoms with Crippen LogP contribution in [0.15, 0.2) is 12.2 Å². The molecule has 2 heteroatoms. The Bertz CT molecular complexity index is 211. The summed E-state index contributed by atoms with van der Waals surface area (Å²) in [6.07, 6.45) is 4.37. The Morgan fingerprint density at radius 3 is 2.69 bits per heavy atom. The maximum atomic E-state index is 8.50. The van der Waals surface area contributed by atoms with Gasteiger partial charge < -0.3 is 0 Å². The molecule has 0 spiro atoms. The third kappa shape index (κ3) is 4.10. The average molecular weight is 178 g/mol. The van der Waals surface area contributed by atoms with Crippen molar-refractivity contribution in [1.29, 1.82) is 5.26 Å². The molecule has 2 nitrogen and oxygen atoms in total. The van der Waals surface area contributed by atoms with Gasteiger partial charge in [0.1, 0.15) is 0 Å². The second-order valence-electron chi connectivity index (χ2n) is 3.88. The van der Waals surface area contributed by atoms with Crippen LogP contribution in [-0.2, 0) is 0 Å². The van der Waals surface area contributed by atoms with E-state index in [-0.39, 0.29) is 0 Å². The summed E-state index contributed by atoms with van der Waals surface area (Å²) in [5.41, 5.74) is 1.24. The van der Waals surface area contributed by atoms with Gasteiger partial charge in [0.15, 0.2) is 0 Å². The fourth-order valence-corrected chi connectivity index (χ4v) is 1.44. The van der Waals surface area contributed by atoms with Gasteiger partial charge in [-0.25, -0.2) is 0 Å². The Labute approximate surface area is 80.8 Å². The minimum absolute atomic E-state index is 0.659. The Morgan fingerprint density at radius 1 is 1.54 bits per heavy atom. The summed E-state index contributed by atoms with van der Waals surface area (Å²) in [4.78, 5) is 2.43. The van der Waals surface area contributed by atoms with Crippen LogP contribution in [0.5, 0.6) is 0 Å². The van der Waals surface area contributed by atoms with Gasteiger partial charge in [-0.2, -0.15) is 5.26 Å². The van der Waals surface area contributed by atoms with Crippen molar-refractivity contribution in [3.05, 3.63) is 12.2 Å². The van der Waals surface area contributed by atoms with E-state index in [0.717, 1.165) is 25.6 Å². The minimum Gasteiger partial charge on any atom is -0.299 e. The molecule has 1 aliphatic carbocycles. The van der Waals surface area contributed by atoms with Gasteiger partial charge in [-0.1, -0.05) is 5.57 Å². The standard InChI is InChI=1S/C11H18N2/c1-10(2)6-9-13(8-3-7-12)11-4-5-11/h11H,1,3-6,8-9H2,2H3. The highest BCUT2D eigenvalue weighted by molar-refractivity contribution is 4.92. The molecule has 1 saturated carbocycles. The van der Waals surface area contributed by atoms with Crippen LogP contribution < -0.4 is 0 Å². The zero-order chi connectivity index (χ0) is 9.68. The zero-order valence-electron chi connectivity index (χ0n) is 8.42. The monoisotopic (exact) mass is 178 g/mol. The molecule has 0 unspecified atom stereocenters. The normalized spacial score (nSPS) is 15.8. The molecule has 1 aliphatic rings. The number of hydrogen-bond donors (Lipinski definition) is 0. The van der Waals surface area contributed by atoms with Gasteiger partial charge in [-0.3, -0.25) is 4.90 Å². The first-order valence-electron chi connectivity index (χ1n) is 4.99. The SMILES string of the molecule is C=C(C)CCN(CCC#N)C1CC1. The second kappa shape index (κ2) is 5.04. The molecule has 0 aliphatic heterocycles. The van der Waals surface area contributed by atoms with Gasteiger partial charge in [0, 0.05) is 25.6 Å². The Morgan fingerprint density at radius 2 is 2.23 bits per heavy atom. The summed E-state index contributed by atoms with van der Waals surface area (Å²) in [6.45, 7) is 7.98. The number of nitriles is 1. The smallest absolute Gasteiger partial charge is 0.0635 e. The van der Waals surface area contributed by atoms with Crippen molar-refractivity contribution in [1.82, 2.24) is 4.90 Å². The molecule has 0 aromatic carbocycles. The first-order valence-corrected chi connectivity index (χ1v) is 4.99. The zero-order valence-corrected chi connectivity index (χ0v) is 8.42. The average Bonchev–Trinajstić information content (AvgIpc) is 2.87. The predicted octanol–water partition coefficient (Wildman–Crippen LogP) is 2.33. The van der Waals surface area contributed by atoms with Crippen LogP contribution >= 0.6 is 0 Å². The summed E-state index contributed by atoms with van der Waals surface area (Å²) in [5, 5.41) is 8.50. The topological polar surface area (TPSA) is 27.0 Å². The van der Waals surface area contributed by atoms with E-state index >= 15 is 0 Å². The quantitative estimate of drug-likeness (QED) is 0.584. The van der Waals surface area contributed by atoms with E-state index in [9.17, 15) is 0 Å². The van der Waals surface area contributed by atoms with Gasteiger partial charge in [-0.15, -0.1) is 6.58 Å². The van der Waals surface area contributed by atoms with Crippen molar-refractivity contribution in [2.75, 3.05) is 13.1 Å². The number of hydrogen-bond acceptors (Lipinski definition) is 2. The highest BCUT2D eigenvalue weighted by Gasteiger charge is 2.27. The summed E-state index contributed by atoms with van der Waals surface area (Å²) in [5.74, 6) is 0. The highest BCUT2D eigenvalue weighted by Crippen LogP contribution is 2.27. The van der Waals surface area contributed by atoms with Crippen LogP contribution in [0.25, 0.3) is 0 Å². The lowest BCUT2D eigenvalue weighted by molar-refractivity contribution is 0.273. The third-order valence-corrected chi connectivity index (χ3v) is 2.40. The predicted molar refractivity (Wildman–Crippen MR) is 54.3 cm³/mol. The molecule has 0 saturated heterocycles. The number of rotatable bonds is 6. The van der Waals surface area contributed by atoms with Crippen molar-refractivity contribution in [3.8, 4) is 6.07 Å². The molecule has 0 radical (unpaired) electrons. The van der Waals surface area contributed by atoms with Crippen LogP contribution in [0.4, 0.5) is 0 Å². The largest absolute Gasteiger partial charge is 0.299 e. The Hall–Kier alpha value is -0.810. The van der Waals surface area contributed by atoms with E-state index in [2.05, 4.69) is 24.5 Å². The van der Waals surface area contributed by atoms with E-state index in [0.29, 0.717) is 6.42 Å². The van der Waals surface area contributed by atoms with Crippen molar-refractivity contribution in [2.24, 2.45) is 0 Å². The molecule has 0 bridgehead atoms.